The fourth-order valence-electron chi connectivity index (χ4n) is 1.97. The molecule has 0 spiro atoms. The van der Waals surface area contributed by atoms with E-state index in [2.05, 4.69) is 15.3 Å². The van der Waals surface area contributed by atoms with Gasteiger partial charge in [0, 0.05) is 18.1 Å². The lowest BCUT2D eigenvalue weighted by Crippen LogP contribution is -2.12. The van der Waals surface area contributed by atoms with Gasteiger partial charge in [-0.3, -0.25) is 14.8 Å². The van der Waals surface area contributed by atoms with Crippen LogP contribution in [0.15, 0.2) is 53.8 Å². The Morgan fingerprint density at radius 1 is 1.22 bits per heavy atom. The second-order valence-corrected chi connectivity index (χ2v) is 4.04. The molecule has 0 fully saturated rings. The van der Waals surface area contributed by atoms with Crippen LogP contribution in [0.25, 0.3) is 0 Å². The molecule has 1 atom stereocenters. The first-order chi connectivity index (χ1) is 8.84. The van der Waals surface area contributed by atoms with E-state index in [1.54, 1.807) is 18.6 Å². The highest BCUT2D eigenvalue weighted by Gasteiger charge is 2.28. The number of hydrogen-bond acceptors (Lipinski definition) is 3. The molecule has 4 nitrogen and oxygen atoms in total. The van der Waals surface area contributed by atoms with Crippen molar-refractivity contribution in [2.45, 2.75) is 5.92 Å². The average molecular weight is 237 g/mol. The summed E-state index contributed by atoms with van der Waals surface area (Å²) >= 11 is 0. The number of benzene rings is 1. The summed E-state index contributed by atoms with van der Waals surface area (Å²) in [4.78, 5) is 20.1. The molecule has 1 unspecified atom stereocenters. The summed E-state index contributed by atoms with van der Waals surface area (Å²) in [5, 5.41) is 2.84. The molecule has 0 bridgehead atoms. The van der Waals surface area contributed by atoms with E-state index in [1.807, 2.05) is 36.4 Å². The largest absolute Gasteiger partial charge is 0.325 e. The third kappa shape index (κ3) is 1.88. The van der Waals surface area contributed by atoms with Crippen LogP contribution in [0.4, 0.5) is 11.4 Å². The zero-order valence-electron chi connectivity index (χ0n) is 9.58. The number of nitrogens with one attached hydrogen (secondary N) is 1. The number of hydrogen-bond donors (Lipinski definition) is 1. The fourth-order valence-corrected chi connectivity index (χ4v) is 1.97. The van der Waals surface area contributed by atoms with Crippen molar-refractivity contribution in [3.63, 3.8) is 0 Å². The zero-order chi connectivity index (χ0) is 12.4. The van der Waals surface area contributed by atoms with Gasteiger partial charge in [0.15, 0.2) is 0 Å². The van der Waals surface area contributed by atoms with E-state index >= 15 is 0 Å². The molecule has 0 aliphatic carbocycles. The van der Waals surface area contributed by atoms with Crippen LogP contribution < -0.4 is 5.32 Å². The molecule has 1 N–H and O–H groups in total. The molecule has 88 valence electrons. The van der Waals surface area contributed by atoms with Gasteiger partial charge in [-0.05, 0) is 23.8 Å². The zero-order valence-corrected chi connectivity index (χ0v) is 9.58. The van der Waals surface area contributed by atoms with E-state index in [9.17, 15) is 4.79 Å². The van der Waals surface area contributed by atoms with Gasteiger partial charge in [-0.1, -0.05) is 18.2 Å². The van der Waals surface area contributed by atoms with Crippen molar-refractivity contribution in [3.05, 3.63) is 54.4 Å². The number of para-hydroxylation sites is 1. The third-order valence-electron chi connectivity index (χ3n) is 2.85. The number of carbonyl (C=O) groups excluding carboxylic acids is 1. The lowest BCUT2D eigenvalue weighted by Gasteiger charge is -2.00. The summed E-state index contributed by atoms with van der Waals surface area (Å²) in [7, 11) is 0. The minimum absolute atomic E-state index is 0.0381. The first-order valence-corrected chi connectivity index (χ1v) is 5.68. The summed E-state index contributed by atoms with van der Waals surface area (Å²) in [6.45, 7) is 0. The van der Waals surface area contributed by atoms with Crippen LogP contribution in [0.5, 0.6) is 0 Å². The molecule has 0 saturated heterocycles. The maximum atomic E-state index is 11.8. The van der Waals surface area contributed by atoms with E-state index < -0.39 is 0 Å². The number of aliphatic imine (C=N–C) groups is 1. The summed E-state index contributed by atoms with van der Waals surface area (Å²) in [6, 6.07) is 11.3. The Bertz CT molecular complexity index is 607. The van der Waals surface area contributed by atoms with Crippen molar-refractivity contribution in [3.8, 4) is 0 Å². The molecule has 1 aromatic carbocycles. The second-order valence-electron chi connectivity index (χ2n) is 4.04. The minimum Gasteiger partial charge on any atom is -0.325 e. The topological polar surface area (TPSA) is 54.4 Å². The molecule has 1 aliphatic heterocycles. The number of anilines is 1. The number of pyridine rings is 1. The molecular weight excluding hydrogens is 226 g/mol. The lowest BCUT2D eigenvalue weighted by molar-refractivity contribution is -0.115. The smallest absolute Gasteiger partial charge is 0.237 e. The van der Waals surface area contributed by atoms with E-state index in [0.29, 0.717) is 0 Å². The molecule has 0 radical (unpaired) electrons. The molecule has 1 amide bonds. The van der Waals surface area contributed by atoms with E-state index in [-0.39, 0.29) is 11.8 Å². The average Bonchev–Trinajstić information content (AvgIpc) is 2.73. The SMILES string of the molecule is O=C1Nc2ccccc2C1C=Nc1cccnc1. The Kier molecular flexibility index (Phi) is 2.61. The van der Waals surface area contributed by atoms with Crippen LogP contribution in [-0.2, 0) is 4.79 Å². The highest BCUT2D eigenvalue weighted by molar-refractivity contribution is 6.12. The van der Waals surface area contributed by atoms with Crippen molar-refractivity contribution in [1.29, 1.82) is 0 Å². The number of aromatic nitrogens is 1. The predicted molar refractivity (Wildman–Crippen MR) is 70.2 cm³/mol. The third-order valence-corrected chi connectivity index (χ3v) is 2.85. The molecule has 3 rings (SSSR count). The maximum Gasteiger partial charge on any atom is 0.237 e. The van der Waals surface area contributed by atoms with Gasteiger partial charge in [0.25, 0.3) is 0 Å². The van der Waals surface area contributed by atoms with Gasteiger partial charge in [-0.2, -0.15) is 0 Å². The summed E-state index contributed by atoms with van der Waals surface area (Å²) in [5.41, 5.74) is 2.58. The minimum atomic E-state index is -0.318. The first kappa shape index (κ1) is 10.7. The first-order valence-electron chi connectivity index (χ1n) is 5.68. The lowest BCUT2D eigenvalue weighted by atomic mass is 10.0. The molecule has 2 heterocycles. The van der Waals surface area contributed by atoms with Gasteiger partial charge >= 0.3 is 0 Å². The number of carbonyl (C=O) groups is 1. The van der Waals surface area contributed by atoms with Crippen molar-refractivity contribution in [2.75, 3.05) is 5.32 Å². The van der Waals surface area contributed by atoms with Crippen LogP contribution in [0.1, 0.15) is 11.5 Å². The number of rotatable bonds is 2. The highest BCUT2D eigenvalue weighted by atomic mass is 16.2. The second kappa shape index (κ2) is 4.41. The Morgan fingerprint density at radius 2 is 2.11 bits per heavy atom. The van der Waals surface area contributed by atoms with Crippen molar-refractivity contribution in [2.24, 2.45) is 4.99 Å². The van der Waals surface area contributed by atoms with E-state index in [1.165, 1.54) is 0 Å². The predicted octanol–water partition coefficient (Wildman–Crippen LogP) is 2.52. The van der Waals surface area contributed by atoms with Gasteiger partial charge in [0.2, 0.25) is 5.91 Å². The van der Waals surface area contributed by atoms with Gasteiger partial charge in [-0.25, -0.2) is 0 Å². The van der Waals surface area contributed by atoms with Crippen LogP contribution in [0.2, 0.25) is 0 Å². The molecule has 18 heavy (non-hydrogen) atoms. The monoisotopic (exact) mass is 237 g/mol. The fraction of sp³-hybridized carbons (Fsp3) is 0.0714. The Hall–Kier alpha value is -2.49. The van der Waals surface area contributed by atoms with E-state index in [4.69, 9.17) is 0 Å². The standard InChI is InChI=1S/C14H11N3O/c18-14-12(9-16-10-4-3-7-15-8-10)11-5-1-2-6-13(11)17-14/h1-9,12H,(H,17,18). The molecule has 4 heteroatoms. The van der Waals surface area contributed by atoms with Crippen LogP contribution in [0, 0.1) is 0 Å². The normalized spacial score (nSPS) is 17.8. The van der Waals surface area contributed by atoms with Gasteiger partial charge < -0.3 is 5.32 Å². The molecular formula is C14H11N3O. The molecule has 2 aromatic rings. The van der Waals surface area contributed by atoms with Gasteiger partial charge in [0.05, 0.1) is 11.9 Å². The Balaban J connectivity index is 1.90. The number of fused-ring (bicyclic) bond motifs is 1. The van der Waals surface area contributed by atoms with Gasteiger partial charge in [-0.15, -0.1) is 0 Å². The van der Waals surface area contributed by atoms with Crippen molar-refractivity contribution in [1.82, 2.24) is 4.98 Å². The Morgan fingerprint density at radius 3 is 2.94 bits per heavy atom. The molecule has 1 aromatic heterocycles. The van der Waals surface area contributed by atoms with Gasteiger partial charge in [0.1, 0.15) is 5.92 Å². The number of nitrogens with zero attached hydrogens (tertiary/aromatic N) is 2. The summed E-state index contributed by atoms with van der Waals surface area (Å²) in [6.07, 6.45) is 5.02. The van der Waals surface area contributed by atoms with Crippen molar-refractivity contribution < 1.29 is 4.79 Å². The maximum absolute atomic E-state index is 11.8. The molecule has 0 saturated carbocycles. The number of amides is 1. The summed E-state index contributed by atoms with van der Waals surface area (Å²) in [5.74, 6) is -0.356. The Labute approximate surface area is 104 Å². The van der Waals surface area contributed by atoms with Crippen LogP contribution >= 0.6 is 0 Å². The van der Waals surface area contributed by atoms with Crippen LogP contribution in [0.3, 0.4) is 0 Å². The quantitative estimate of drug-likeness (QED) is 0.816. The summed E-state index contributed by atoms with van der Waals surface area (Å²) < 4.78 is 0. The molecule has 1 aliphatic rings. The highest BCUT2D eigenvalue weighted by Crippen LogP contribution is 2.31. The van der Waals surface area contributed by atoms with Crippen LogP contribution in [-0.4, -0.2) is 17.1 Å². The van der Waals surface area contributed by atoms with Crippen molar-refractivity contribution >= 4 is 23.5 Å². The van der Waals surface area contributed by atoms with E-state index in [0.717, 1.165) is 16.9 Å².